The molecule has 0 aromatic carbocycles. The standard InChI is InChI=1S/C10H18N4O3/c1-17-6-8(5-15)13-10(16)9-4-14(3-2-11)7-12-9/h4,7-8,15H,2-3,5-6,11H2,1H3,(H,13,16). The number of carbonyl (C=O) groups excluding carboxylic acids is 1. The largest absolute Gasteiger partial charge is 0.394 e. The molecule has 1 amide bonds. The van der Waals surface area contributed by atoms with Crippen LogP contribution >= 0.6 is 0 Å². The van der Waals surface area contributed by atoms with Gasteiger partial charge in [-0.25, -0.2) is 4.98 Å². The predicted octanol–water partition coefficient (Wildman–Crippen LogP) is -1.42. The van der Waals surface area contributed by atoms with Crippen molar-refractivity contribution in [3.8, 4) is 0 Å². The summed E-state index contributed by atoms with van der Waals surface area (Å²) in [6.45, 7) is 1.18. The smallest absolute Gasteiger partial charge is 0.271 e. The fourth-order valence-electron chi connectivity index (χ4n) is 1.35. The number of nitrogens with one attached hydrogen (secondary N) is 1. The molecule has 0 fully saturated rings. The molecule has 0 spiro atoms. The van der Waals surface area contributed by atoms with E-state index in [4.69, 9.17) is 15.6 Å². The van der Waals surface area contributed by atoms with Crippen molar-refractivity contribution in [2.45, 2.75) is 12.6 Å². The first-order valence-electron chi connectivity index (χ1n) is 5.33. The molecular formula is C10H18N4O3. The van der Waals surface area contributed by atoms with Crippen molar-refractivity contribution in [1.82, 2.24) is 14.9 Å². The number of methoxy groups -OCH3 is 1. The van der Waals surface area contributed by atoms with Gasteiger partial charge in [0.05, 0.1) is 25.6 Å². The van der Waals surface area contributed by atoms with Gasteiger partial charge in [-0.2, -0.15) is 0 Å². The van der Waals surface area contributed by atoms with Crippen LogP contribution in [0.25, 0.3) is 0 Å². The minimum Gasteiger partial charge on any atom is -0.394 e. The van der Waals surface area contributed by atoms with E-state index in [0.717, 1.165) is 0 Å². The average Bonchev–Trinajstić information content (AvgIpc) is 2.77. The lowest BCUT2D eigenvalue weighted by Crippen LogP contribution is -2.40. The van der Waals surface area contributed by atoms with Crippen LogP contribution in [0.15, 0.2) is 12.5 Å². The fraction of sp³-hybridized carbons (Fsp3) is 0.600. The minimum atomic E-state index is -0.424. The van der Waals surface area contributed by atoms with E-state index in [-0.39, 0.29) is 19.1 Å². The number of ether oxygens (including phenoxy) is 1. The number of aliphatic hydroxyl groups is 1. The third-order valence-electron chi connectivity index (χ3n) is 2.18. The maximum absolute atomic E-state index is 11.7. The second-order valence-corrected chi connectivity index (χ2v) is 3.59. The molecule has 0 radical (unpaired) electrons. The molecule has 7 nitrogen and oxygen atoms in total. The van der Waals surface area contributed by atoms with Crippen molar-refractivity contribution in [1.29, 1.82) is 0 Å². The van der Waals surface area contributed by atoms with Crippen molar-refractivity contribution in [2.75, 3.05) is 26.9 Å². The van der Waals surface area contributed by atoms with E-state index in [2.05, 4.69) is 10.3 Å². The molecule has 1 unspecified atom stereocenters. The molecule has 0 aliphatic carbocycles. The molecule has 1 rings (SSSR count). The molecular weight excluding hydrogens is 224 g/mol. The Hall–Kier alpha value is -1.44. The molecule has 1 atom stereocenters. The highest BCUT2D eigenvalue weighted by molar-refractivity contribution is 5.92. The van der Waals surface area contributed by atoms with E-state index in [9.17, 15) is 4.79 Å². The first kappa shape index (κ1) is 13.6. The van der Waals surface area contributed by atoms with Gasteiger partial charge in [0.2, 0.25) is 0 Å². The monoisotopic (exact) mass is 242 g/mol. The Morgan fingerprint density at radius 1 is 1.76 bits per heavy atom. The first-order valence-corrected chi connectivity index (χ1v) is 5.33. The van der Waals surface area contributed by atoms with E-state index < -0.39 is 6.04 Å². The summed E-state index contributed by atoms with van der Waals surface area (Å²) in [5.74, 6) is -0.336. The molecule has 0 aliphatic heterocycles. The maximum atomic E-state index is 11.7. The van der Waals surface area contributed by atoms with Gasteiger partial charge in [-0.1, -0.05) is 0 Å². The number of aromatic nitrogens is 2. The zero-order chi connectivity index (χ0) is 12.7. The van der Waals surface area contributed by atoms with Crippen LogP contribution in [-0.4, -0.2) is 53.5 Å². The van der Waals surface area contributed by atoms with E-state index >= 15 is 0 Å². The molecule has 7 heteroatoms. The summed E-state index contributed by atoms with van der Waals surface area (Å²) in [5, 5.41) is 11.6. The number of nitrogens with zero attached hydrogens (tertiary/aromatic N) is 2. The van der Waals surface area contributed by atoms with Crippen LogP contribution in [0, 0.1) is 0 Å². The maximum Gasteiger partial charge on any atom is 0.271 e. The Labute approximate surface area is 99.6 Å². The second kappa shape index (κ2) is 7.00. The zero-order valence-electron chi connectivity index (χ0n) is 9.80. The topological polar surface area (TPSA) is 102 Å². The Morgan fingerprint density at radius 2 is 2.53 bits per heavy atom. The number of hydrogen-bond donors (Lipinski definition) is 3. The molecule has 17 heavy (non-hydrogen) atoms. The third kappa shape index (κ3) is 4.14. The highest BCUT2D eigenvalue weighted by atomic mass is 16.5. The minimum absolute atomic E-state index is 0.177. The SMILES string of the molecule is COCC(CO)NC(=O)c1cn(CCN)cn1. The van der Waals surface area contributed by atoms with E-state index in [0.29, 0.717) is 18.8 Å². The molecule has 1 aromatic heterocycles. The summed E-state index contributed by atoms with van der Waals surface area (Å²) in [4.78, 5) is 15.7. The van der Waals surface area contributed by atoms with Crippen molar-refractivity contribution in [2.24, 2.45) is 5.73 Å². The van der Waals surface area contributed by atoms with Gasteiger partial charge in [-0.3, -0.25) is 4.79 Å². The van der Waals surface area contributed by atoms with Crippen molar-refractivity contribution in [3.63, 3.8) is 0 Å². The van der Waals surface area contributed by atoms with Crippen LogP contribution in [-0.2, 0) is 11.3 Å². The lowest BCUT2D eigenvalue weighted by Gasteiger charge is -2.13. The molecule has 0 saturated carbocycles. The van der Waals surface area contributed by atoms with Crippen LogP contribution < -0.4 is 11.1 Å². The third-order valence-corrected chi connectivity index (χ3v) is 2.18. The highest BCUT2D eigenvalue weighted by Gasteiger charge is 2.14. The first-order chi connectivity index (χ1) is 8.21. The van der Waals surface area contributed by atoms with Crippen LogP contribution in [0.1, 0.15) is 10.5 Å². The van der Waals surface area contributed by atoms with Crippen LogP contribution in [0.3, 0.4) is 0 Å². The number of rotatable bonds is 7. The number of aliphatic hydroxyl groups excluding tert-OH is 1. The summed E-state index contributed by atoms with van der Waals surface area (Å²) in [6.07, 6.45) is 3.16. The number of nitrogens with two attached hydrogens (primary N) is 1. The molecule has 1 aromatic rings. The van der Waals surface area contributed by atoms with Crippen LogP contribution in [0.4, 0.5) is 0 Å². The number of hydrogen-bond acceptors (Lipinski definition) is 5. The Bertz CT molecular complexity index is 353. The number of imidazole rings is 1. The van der Waals surface area contributed by atoms with Gasteiger partial charge in [0.1, 0.15) is 5.69 Å². The normalized spacial score (nSPS) is 12.4. The predicted molar refractivity (Wildman–Crippen MR) is 61.5 cm³/mol. The summed E-state index contributed by atoms with van der Waals surface area (Å²) >= 11 is 0. The number of carbonyl (C=O) groups is 1. The van der Waals surface area contributed by atoms with E-state index in [1.165, 1.54) is 7.11 Å². The van der Waals surface area contributed by atoms with E-state index in [1.54, 1.807) is 17.1 Å². The van der Waals surface area contributed by atoms with Gasteiger partial charge in [0.25, 0.3) is 5.91 Å². The Balaban J connectivity index is 2.55. The average molecular weight is 242 g/mol. The zero-order valence-corrected chi connectivity index (χ0v) is 9.80. The van der Waals surface area contributed by atoms with Gasteiger partial charge in [0.15, 0.2) is 0 Å². The quantitative estimate of drug-likeness (QED) is 0.544. The van der Waals surface area contributed by atoms with Gasteiger partial charge in [-0.05, 0) is 0 Å². The summed E-state index contributed by atoms with van der Waals surface area (Å²) in [5.41, 5.74) is 5.69. The van der Waals surface area contributed by atoms with Crippen molar-refractivity contribution >= 4 is 5.91 Å². The molecule has 4 N–H and O–H groups in total. The van der Waals surface area contributed by atoms with Gasteiger partial charge >= 0.3 is 0 Å². The molecule has 96 valence electrons. The van der Waals surface area contributed by atoms with Crippen molar-refractivity contribution in [3.05, 3.63) is 18.2 Å². The Kier molecular flexibility index (Phi) is 5.61. The fourth-order valence-corrected chi connectivity index (χ4v) is 1.35. The Morgan fingerprint density at radius 3 is 3.12 bits per heavy atom. The number of amides is 1. The molecule has 0 saturated heterocycles. The van der Waals surface area contributed by atoms with Gasteiger partial charge in [-0.15, -0.1) is 0 Å². The summed E-state index contributed by atoms with van der Waals surface area (Å²) in [6, 6.07) is -0.424. The molecule has 0 aliphatic rings. The molecule has 1 heterocycles. The van der Waals surface area contributed by atoms with Gasteiger partial charge < -0.3 is 25.5 Å². The summed E-state index contributed by atoms with van der Waals surface area (Å²) < 4.78 is 6.59. The van der Waals surface area contributed by atoms with Crippen LogP contribution in [0.5, 0.6) is 0 Å². The van der Waals surface area contributed by atoms with E-state index in [1.807, 2.05) is 0 Å². The van der Waals surface area contributed by atoms with Crippen LogP contribution in [0.2, 0.25) is 0 Å². The second-order valence-electron chi connectivity index (χ2n) is 3.59. The lowest BCUT2D eigenvalue weighted by atomic mass is 10.3. The lowest BCUT2D eigenvalue weighted by molar-refractivity contribution is 0.0835. The summed E-state index contributed by atoms with van der Waals surface area (Å²) in [7, 11) is 1.50. The molecule has 0 bridgehead atoms. The highest BCUT2D eigenvalue weighted by Crippen LogP contribution is 1.97. The van der Waals surface area contributed by atoms with Gasteiger partial charge in [0, 0.05) is 26.4 Å². The van der Waals surface area contributed by atoms with Crippen molar-refractivity contribution < 1.29 is 14.6 Å².